The van der Waals surface area contributed by atoms with Crippen molar-refractivity contribution in [3.8, 4) is 44.5 Å². The van der Waals surface area contributed by atoms with E-state index in [1.807, 2.05) is 12.1 Å². The van der Waals surface area contributed by atoms with E-state index in [1.54, 1.807) is 0 Å². The number of furan rings is 1. The zero-order valence-electron chi connectivity index (χ0n) is 33.9. The standard InChI is InChI=1S/C60H39NO/c1-3-18-41(19-4-1)59-53-29-10-9-27-50(53)51-35-33-44(38-55(51)60(59)42-20-5-2-6-21-42)49-26-11-13-31-56(49)61(46-34-36-58-54(39-46)52-28-12-14-32-57(52)62-58)45-24-15-23-43(37-45)48-30-16-22-40-17-7-8-25-47(40)48/h1-39H. The maximum absolute atomic E-state index is 6.35. The third-order valence-electron chi connectivity index (χ3n) is 12.4. The van der Waals surface area contributed by atoms with Gasteiger partial charge < -0.3 is 9.32 Å². The van der Waals surface area contributed by atoms with Gasteiger partial charge in [0.1, 0.15) is 11.2 Å². The lowest BCUT2D eigenvalue weighted by Crippen LogP contribution is -2.11. The maximum atomic E-state index is 6.35. The summed E-state index contributed by atoms with van der Waals surface area (Å²) in [6, 6.07) is 85.6. The van der Waals surface area contributed by atoms with E-state index in [0.717, 1.165) is 55.7 Å². The van der Waals surface area contributed by atoms with Crippen molar-refractivity contribution in [2.45, 2.75) is 0 Å². The van der Waals surface area contributed by atoms with Gasteiger partial charge in [0.05, 0.1) is 5.69 Å². The minimum Gasteiger partial charge on any atom is -0.456 e. The van der Waals surface area contributed by atoms with Crippen molar-refractivity contribution < 1.29 is 4.42 Å². The molecular weight excluding hydrogens is 751 g/mol. The molecule has 0 fully saturated rings. The number of hydrogen-bond acceptors (Lipinski definition) is 2. The highest BCUT2D eigenvalue weighted by Crippen LogP contribution is 2.48. The Balaban J connectivity index is 1.12. The Kier molecular flexibility index (Phi) is 8.53. The lowest BCUT2D eigenvalue weighted by atomic mass is 9.84. The predicted molar refractivity (Wildman–Crippen MR) is 263 cm³/mol. The van der Waals surface area contributed by atoms with Crippen LogP contribution in [0.3, 0.4) is 0 Å². The fourth-order valence-corrected chi connectivity index (χ4v) is 9.65. The average Bonchev–Trinajstić information content (AvgIpc) is 3.72. The Hall–Kier alpha value is -8.20. The van der Waals surface area contributed by atoms with E-state index in [1.165, 1.54) is 60.1 Å². The molecule has 11 aromatic carbocycles. The second-order valence-electron chi connectivity index (χ2n) is 16.0. The van der Waals surface area contributed by atoms with Crippen molar-refractivity contribution >= 4 is 71.3 Å². The topological polar surface area (TPSA) is 16.4 Å². The van der Waals surface area contributed by atoms with Crippen LogP contribution < -0.4 is 4.90 Å². The first-order chi connectivity index (χ1) is 30.8. The van der Waals surface area contributed by atoms with E-state index in [4.69, 9.17) is 4.42 Å². The van der Waals surface area contributed by atoms with Gasteiger partial charge in [-0.05, 0) is 120 Å². The molecule has 290 valence electrons. The van der Waals surface area contributed by atoms with Crippen LogP contribution in [-0.4, -0.2) is 0 Å². The smallest absolute Gasteiger partial charge is 0.135 e. The molecule has 0 bridgehead atoms. The summed E-state index contributed by atoms with van der Waals surface area (Å²) in [6.07, 6.45) is 0. The molecule has 62 heavy (non-hydrogen) atoms. The van der Waals surface area contributed by atoms with Crippen LogP contribution in [0.15, 0.2) is 241 Å². The third kappa shape index (κ3) is 5.96. The van der Waals surface area contributed by atoms with Crippen molar-refractivity contribution in [3.63, 3.8) is 0 Å². The van der Waals surface area contributed by atoms with Gasteiger partial charge in [0, 0.05) is 27.7 Å². The first kappa shape index (κ1) is 35.7. The number of rotatable bonds is 7. The predicted octanol–water partition coefficient (Wildman–Crippen LogP) is 17.2. The average molecular weight is 790 g/mol. The van der Waals surface area contributed by atoms with Crippen LogP contribution in [0.1, 0.15) is 0 Å². The van der Waals surface area contributed by atoms with Crippen molar-refractivity contribution in [2.24, 2.45) is 0 Å². The molecule has 0 atom stereocenters. The summed E-state index contributed by atoms with van der Waals surface area (Å²) in [7, 11) is 0. The third-order valence-corrected chi connectivity index (χ3v) is 12.4. The number of nitrogens with zero attached hydrogens (tertiary/aromatic N) is 1. The molecule has 1 aromatic heterocycles. The fraction of sp³-hybridized carbons (Fsp3) is 0. The van der Waals surface area contributed by atoms with Gasteiger partial charge in [-0.2, -0.15) is 0 Å². The first-order valence-corrected chi connectivity index (χ1v) is 21.3. The Morgan fingerprint density at radius 3 is 1.65 bits per heavy atom. The first-order valence-electron chi connectivity index (χ1n) is 21.3. The Morgan fingerprint density at radius 1 is 0.274 bits per heavy atom. The fourth-order valence-electron chi connectivity index (χ4n) is 9.65. The summed E-state index contributed by atoms with van der Waals surface area (Å²) < 4.78 is 6.35. The van der Waals surface area contributed by atoms with Crippen LogP contribution in [-0.2, 0) is 0 Å². The lowest BCUT2D eigenvalue weighted by molar-refractivity contribution is 0.669. The number of fused-ring (bicyclic) bond motifs is 7. The minimum atomic E-state index is 0.872. The van der Waals surface area contributed by atoms with E-state index >= 15 is 0 Å². The molecule has 0 aliphatic rings. The molecule has 0 spiro atoms. The summed E-state index contributed by atoms with van der Waals surface area (Å²) in [4.78, 5) is 2.42. The molecule has 12 rings (SSSR count). The van der Waals surface area contributed by atoms with Crippen molar-refractivity contribution in [3.05, 3.63) is 237 Å². The van der Waals surface area contributed by atoms with Crippen LogP contribution in [0.4, 0.5) is 17.1 Å². The highest BCUT2D eigenvalue weighted by atomic mass is 16.3. The zero-order valence-corrected chi connectivity index (χ0v) is 33.9. The minimum absolute atomic E-state index is 0.872. The van der Waals surface area contributed by atoms with Crippen LogP contribution in [0.5, 0.6) is 0 Å². The molecule has 2 nitrogen and oxygen atoms in total. The molecule has 0 aliphatic carbocycles. The number of para-hydroxylation sites is 2. The van der Waals surface area contributed by atoms with Gasteiger partial charge >= 0.3 is 0 Å². The summed E-state index contributed by atoms with van der Waals surface area (Å²) >= 11 is 0. The highest BCUT2D eigenvalue weighted by Gasteiger charge is 2.22. The number of anilines is 3. The normalized spacial score (nSPS) is 11.5. The summed E-state index contributed by atoms with van der Waals surface area (Å²) in [5.74, 6) is 0. The number of benzene rings is 11. The van der Waals surface area contributed by atoms with Crippen LogP contribution in [0.25, 0.3) is 98.8 Å². The van der Waals surface area contributed by atoms with E-state index in [-0.39, 0.29) is 0 Å². The van der Waals surface area contributed by atoms with Gasteiger partial charge in [-0.25, -0.2) is 0 Å². The quantitative estimate of drug-likeness (QED) is 0.150. The molecule has 0 aliphatic heterocycles. The van der Waals surface area contributed by atoms with E-state index in [2.05, 4.69) is 229 Å². The summed E-state index contributed by atoms with van der Waals surface area (Å²) in [6.45, 7) is 0. The maximum Gasteiger partial charge on any atom is 0.135 e. The lowest BCUT2D eigenvalue weighted by Gasteiger charge is -2.28. The molecule has 0 unspecified atom stereocenters. The molecule has 0 saturated heterocycles. The Bertz CT molecular complexity index is 3630. The van der Waals surface area contributed by atoms with Crippen molar-refractivity contribution in [1.82, 2.24) is 0 Å². The zero-order chi connectivity index (χ0) is 41.0. The van der Waals surface area contributed by atoms with Gasteiger partial charge in [0.15, 0.2) is 0 Å². The second-order valence-corrected chi connectivity index (χ2v) is 16.0. The van der Waals surface area contributed by atoms with Gasteiger partial charge in [-0.3, -0.25) is 0 Å². The van der Waals surface area contributed by atoms with E-state index in [9.17, 15) is 0 Å². The molecular formula is C60H39NO. The molecule has 2 heteroatoms. The molecule has 0 radical (unpaired) electrons. The van der Waals surface area contributed by atoms with Crippen LogP contribution in [0.2, 0.25) is 0 Å². The van der Waals surface area contributed by atoms with Gasteiger partial charge in [0.25, 0.3) is 0 Å². The highest BCUT2D eigenvalue weighted by molar-refractivity contribution is 6.22. The summed E-state index contributed by atoms with van der Waals surface area (Å²) in [5.41, 5.74) is 14.5. The van der Waals surface area contributed by atoms with Gasteiger partial charge in [-0.15, -0.1) is 0 Å². The molecule has 1 heterocycles. The van der Waals surface area contributed by atoms with Crippen LogP contribution >= 0.6 is 0 Å². The monoisotopic (exact) mass is 789 g/mol. The van der Waals surface area contributed by atoms with E-state index in [0.29, 0.717) is 0 Å². The summed E-state index contributed by atoms with van der Waals surface area (Å²) in [5, 5.41) is 9.60. The van der Waals surface area contributed by atoms with Crippen LogP contribution in [0, 0.1) is 0 Å². The van der Waals surface area contributed by atoms with Crippen molar-refractivity contribution in [2.75, 3.05) is 4.90 Å². The Morgan fingerprint density at radius 2 is 0.823 bits per heavy atom. The second kappa shape index (κ2) is 14.8. The van der Waals surface area contributed by atoms with Gasteiger partial charge in [-0.1, -0.05) is 188 Å². The number of hydrogen-bond donors (Lipinski definition) is 0. The van der Waals surface area contributed by atoms with E-state index < -0.39 is 0 Å². The molecule has 0 saturated carbocycles. The van der Waals surface area contributed by atoms with Crippen molar-refractivity contribution in [1.29, 1.82) is 0 Å². The molecule has 0 amide bonds. The molecule has 12 aromatic rings. The Labute approximate surface area is 360 Å². The molecule has 0 N–H and O–H groups in total. The van der Waals surface area contributed by atoms with Gasteiger partial charge in [0.2, 0.25) is 0 Å². The SMILES string of the molecule is c1ccc(-c2c(-c3ccccc3)c3cc(-c4ccccc4N(c4cccc(-c5cccc6ccccc56)c4)c4ccc5oc6ccccc6c5c4)ccc3c3ccccc23)cc1. The largest absolute Gasteiger partial charge is 0.456 e.